The van der Waals surface area contributed by atoms with E-state index in [4.69, 9.17) is 32.7 Å². The molecule has 2 saturated heterocycles. The predicted octanol–water partition coefficient (Wildman–Crippen LogP) is 5.02. The van der Waals surface area contributed by atoms with E-state index in [1.807, 2.05) is 48.5 Å². The molecule has 1 spiro atoms. The molecule has 2 aliphatic heterocycles. The van der Waals surface area contributed by atoms with Crippen LogP contribution in [0.15, 0.2) is 72.8 Å². The number of esters is 1. The summed E-state index contributed by atoms with van der Waals surface area (Å²) >= 11 is 12.1. The van der Waals surface area contributed by atoms with Gasteiger partial charge < -0.3 is 19.9 Å². The van der Waals surface area contributed by atoms with Crippen LogP contribution < -0.4 is 5.32 Å². The lowest BCUT2D eigenvalue weighted by Gasteiger charge is -2.30. The van der Waals surface area contributed by atoms with Crippen LogP contribution in [0.1, 0.15) is 35.0 Å². The molecule has 34 heavy (non-hydrogen) atoms. The number of amides is 1. The molecule has 0 radical (unpaired) electrons. The second kappa shape index (κ2) is 7.82. The quantitative estimate of drug-likeness (QED) is 0.498. The number of carbonyl (C=O) groups excluding carboxylic acids is 2. The third kappa shape index (κ3) is 2.96. The first kappa shape index (κ1) is 21.6. The Morgan fingerprint density at radius 3 is 2.38 bits per heavy atom. The average molecular weight is 496 g/mol. The van der Waals surface area contributed by atoms with E-state index >= 15 is 0 Å². The van der Waals surface area contributed by atoms with E-state index in [-0.39, 0.29) is 0 Å². The van der Waals surface area contributed by atoms with Crippen molar-refractivity contribution in [3.63, 3.8) is 0 Å². The summed E-state index contributed by atoms with van der Waals surface area (Å²) in [5.41, 5.74) is 1.10. The van der Waals surface area contributed by atoms with Crippen LogP contribution in [0.3, 0.4) is 0 Å². The fourth-order valence-corrected chi connectivity index (χ4v) is 5.89. The van der Waals surface area contributed by atoms with Gasteiger partial charge in [-0.05, 0) is 29.3 Å². The Morgan fingerprint density at radius 1 is 0.941 bits per heavy atom. The second-order valence-corrected chi connectivity index (χ2v) is 9.59. The zero-order valence-electron chi connectivity index (χ0n) is 17.7. The van der Waals surface area contributed by atoms with Crippen LogP contribution >= 0.6 is 23.2 Å². The highest BCUT2D eigenvalue weighted by Gasteiger charge is 2.75. The number of fused-ring (bicyclic) bond motifs is 2. The predicted molar refractivity (Wildman–Crippen MR) is 125 cm³/mol. The van der Waals surface area contributed by atoms with Crippen LogP contribution in [-0.2, 0) is 19.1 Å². The Balaban J connectivity index is 1.45. The molecule has 2 N–H and O–H groups in total. The monoisotopic (exact) mass is 495 g/mol. The maximum atomic E-state index is 13.7. The van der Waals surface area contributed by atoms with E-state index in [1.165, 1.54) is 0 Å². The van der Waals surface area contributed by atoms with Gasteiger partial charge in [0.05, 0.1) is 22.1 Å². The number of rotatable bonds is 3. The van der Waals surface area contributed by atoms with Crippen molar-refractivity contribution in [2.24, 2.45) is 11.8 Å². The van der Waals surface area contributed by atoms with Crippen LogP contribution in [0.5, 0.6) is 0 Å². The molecule has 172 valence electrons. The van der Waals surface area contributed by atoms with Crippen LogP contribution in [-0.4, -0.2) is 22.6 Å². The number of ether oxygens (including phenoxy) is 2. The first-order valence-electron chi connectivity index (χ1n) is 10.9. The lowest BCUT2D eigenvalue weighted by atomic mass is 9.76. The minimum atomic E-state index is -1.40. The van der Waals surface area contributed by atoms with Gasteiger partial charge in [-0.25, -0.2) is 0 Å². The molecule has 3 aromatic carbocycles. The third-order valence-electron chi connectivity index (χ3n) is 7.02. The standard InChI is InChI=1S/C26H19Cl2NO5/c27-17-11-10-14(12-18(17)28)29-24(31)19-20-25(32)33-23-16-9-5-4-8-15(16)22(30)26(20,23)34-21(19)13-6-2-1-3-7-13/h1-12,19-23,30H,(H,29,31)/t19-,20+,21-,22-,23-,26-/m1/s1. The Morgan fingerprint density at radius 2 is 1.65 bits per heavy atom. The highest BCUT2D eigenvalue weighted by atomic mass is 35.5. The molecule has 8 heteroatoms. The van der Waals surface area contributed by atoms with Crippen molar-refractivity contribution in [3.8, 4) is 0 Å². The molecule has 6 rings (SSSR count). The summed E-state index contributed by atoms with van der Waals surface area (Å²) < 4.78 is 12.3. The maximum absolute atomic E-state index is 13.7. The lowest BCUT2D eigenvalue weighted by molar-refractivity contribution is -0.161. The van der Waals surface area contributed by atoms with Gasteiger partial charge in [0.1, 0.15) is 12.0 Å². The van der Waals surface area contributed by atoms with E-state index < -0.39 is 47.6 Å². The van der Waals surface area contributed by atoms with Crippen LogP contribution in [0.25, 0.3) is 0 Å². The summed E-state index contributed by atoms with van der Waals surface area (Å²) in [5, 5.41) is 14.9. The molecule has 3 aromatic rings. The molecule has 2 heterocycles. The smallest absolute Gasteiger partial charge is 0.313 e. The molecule has 1 aliphatic carbocycles. The molecule has 0 unspecified atom stereocenters. The summed E-state index contributed by atoms with van der Waals surface area (Å²) in [4.78, 5) is 26.9. The number of carbonyl (C=O) groups is 2. The molecule has 3 aliphatic rings. The third-order valence-corrected chi connectivity index (χ3v) is 7.76. The van der Waals surface area contributed by atoms with Crippen molar-refractivity contribution < 1.29 is 24.2 Å². The number of nitrogens with one attached hydrogen (secondary N) is 1. The van der Waals surface area contributed by atoms with Crippen LogP contribution in [0.4, 0.5) is 5.69 Å². The number of halogens is 2. The van der Waals surface area contributed by atoms with E-state index in [0.29, 0.717) is 26.9 Å². The Labute approximate surface area is 205 Å². The van der Waals surface area contributed by atoms with Gasteiger partial charge in [-0.1, -0.05) is 77.8 Å². The molecule has 0 bridgehead atoms. The minimum Gasteiger partial charge on any atom is -0.454 e. The van der Waals surface area contributed by atoms with Gasteiger partial charge in [0.15, 0.2) is 11.7 Å². The van der Waals surface area contributed by atoms with E-state index in [0.717, 1.165) is 5.56 Å². The Kier molecular flexibility index (Phi) is 4.97. The van der Waals surface area contributed by atoms with Crippen molar-refractivity contribution in [2.75, 3.05) is 5.32 Å². The maximum Gasteiger partial charge on any atom is 0.313 e. The number of anilines is 1. The van der Waals surface area contributed by atoms with Crippen molar-refractivity contribution in [3.05, 3.63) is 99.5 Å². The number of benzene rings is 3. The number of aliphatic hydroxyl groups excluding tert-OH is 1. The van der Waals surface area contributed by atoms with Crippen molar-refractivity contribution in [1.82, 2.24) is 0 Å². The fraction of sp³-hybridized carbons (Fsp3) is 0.231. The Bertz CT molecular complexity index is 1320. The van der Waals surface area contributed by atoms with Gasteiger partial charge in [-0.2, -0.15) is 0 Å². The first-order valence-corrected chi connectivity index (χ1v) is 11.6. The summed E-state index contributed by atoms with van der Waals surface area (Å²) in [6.07, 6.45) is -2.70. The number of aliphatic hydroxyl groups is 1. The van der Waals surface area contributed by atoms with Gasteiger partial charge in [0.2, 0.25) is 5.91 Å². The van der Waals surface area contributed by atoms with E-state index in [9.17, 15) is 14.7 Å². The first-order chi connectivity index (χ1) is 16.4. The molecule has 6 atom stereocenters. The van der Waals surface area contributed by atoms with E-state index in [1.54, 1.807) is 24.3 Å². The van der Waals surface area contributed by atoms with E-state index in [2.05, 4.69) is 5.32 Å². The Hall–Kier alpha value is -2.90. The zero-order chi connectivity index (χ0) is 23.6. The van der Waals surface area contributed by atoms with Gasteiger partial charge in [0, 0.05) is 11.3 Å². The summed E-state index contributed by atoms with van der Waals surface area (Å²) in [6.45, 7) is 0. The fourth-order valence-electron chi connectivity index (χ4n) is 5.59. The molecule has 0 saturated carbocycles. The van der Waals surface area contributed by atoms with Crippen molar-refractivity contribution in [1.29, 1.82) is 0 Å². The highest BCUT2D eigenvalue weighted by Crippen LogP contribution is 2.67. The van der Waals surface area contributed by atoms with Crippen LogP contribution in [0, 0.1) is 11.8 Å². The minimum absolute atomic E-state index is 0.292. The van der Waals surface area contributed by atoms with Gasteiger partial charge in [0.25, 0.3) is 0 Å². The summed E-state index contributed by atoms with van der Waals surface area (Å²) in [5.74, 6) is -2.95. The molecule has 0 aromatic heterocycles. The van der Waals surface area contributed by atoms with Gasteiger partial charge in [-0.15, -0.1) is 0 Å². The number of hydrogen-bond donors (Lipinski definition) is 2. The van der Waals surface area contributed by atoms with Gasteiger partial charge >= 0.3 is 5.97 Å². The van der Waals surface area contributed by atoms with Crippen LogP contribution in [0.2, 0.25) is 10.0 Å². The SMILES string of the molecule is O=C(Nc1ccc(Cl)c(Cl)c1)[C@H]1[C@@H](c2ccccc2)O[C@]23[C@H](O)c4ccccc4[C@H]2OC(=O)[C@H]13. The zero-order valence-corrected chi connectivity index (χ0v) is 19.2. The van der Waals surface area contributed by atoms with Gasteiger partial charge in [-0.3, -0.25) is 9.59 Å². The normalized spacial score (nSPS) is 30.9. The van der Waals surface area contributed by atoms with Crippen molar-refractivity contribution in [2.45, 2.75) is 23.9 Å². The summed E-state index contributed by atoms with van der Waals surface area (Å²) in [7, 11) is 0. The largest absolute Gasteiger partial charge is 0.454 e. The molecular formula is C26H19Cl2NO5. The lowest BCUT2D eigenvalue weighted by Crippen LogP contribution is -2.43. The topological polar surface area (TPSA) is 84.9 Å². The average Bonchev–Trinajstić information content (AvgIpc) is 3.42. The molecule has 2 fully saturated rings. The highest BCUT2D eigenvalue weighted by molar-refractivity contribution is 6.42. The second-order valence-electron chi connectivity index (χ2n) is 8.77. The summed E-state index contributed by atoms with van der Waals surface area (Å²) in [6, 6.07) is 21.2. The number of hydrogen-bond acceptors (Lipinski definition) is 5. The van der Waals surface area contributed by atoms with Crippen molar-refractivity contribution >= 4 is 40.8 Å². The molecule has 6 nitrogen and oxygen atoms in total. The molecular weight excluding hydrogens is 477 g/mol. The molecule has 1 amide bonds.